The van der Waals surface area contributed by atoms with Crippen LogP contribution in [0.1, 0.15) is 335 Å². The average Bonchev–Trinajstić information content (AvgIpc) is 3.36. The van der Waals surface area contributed by atoms with Gasteiger partial charge < -0.3 is 20.3 Å². The molecule has 0 bridgehead atoms. The van der Waals surface area contributed by atoms with E-state index in [1.54, 1.807) is 6.08 Å². The molecule has 2 unspecified atom stereocenters. The number of carbonyl (C=O) groups excluding carboxylic acids is 2. The lowest BCUT2D eigenvalue weighted by Crippen LogP contribution is -2.45. The van der Waals surface area contributed by atoms with Gasteiger partial charge in [0.05, 0.1) is 25.4 Å². The van der Waals surface area contributed by atoms with E-state index in [1.165, 1.54) is 257 Å². The third-order valence-electron chi connectivity index (χ3n) is 14.4. The summed E-state index contributed by atoms with van der Waals surface area (Å²) < 4.78 is 5.50. The van der Waals surface area contributed by atoms with Crippen molar-refractivity contribution in [2.24, 2.45) is 0 Å². The summed E-state index contributed by atoms with van der Waals surface area (Å²) in [4.78, 5) is 24.5. The molecule has 0 aliphatic carbocycles. The van der Waals surface area contributed by atoms with Crippen molar-refractivity contribution in [1.29, 1.82) is 0 Å². The van der Waals surface area contributed by atoms with Crippen LogP contribution < -0.4 is 5.32 Å². The van der Waals surface area contributed by atoms with E-state index < -0.39 is 12.1 Å². The van der Waals surface area contributed by atoms with Gasteiger partial charge in [0.2, 0.25) is 5.91 Å². The van der Waals surface area contributed by atoms with Gasteiger partial charge in [-0.25, -0.2) is 0 Å². The molecule has 0 aliphatic heterocycles. The van der Waals surface area contributed by atoms with Gasteiger partial charge in [-0.2, -0.15) is 0 Å². The Bertz CT molecular complexity index is 1130. The molecule has 70 heavy (non-hydrogen) atoms. The molecule has 0 fully saturated rings. The van der Waals surface area contributed by atoms with Crippen molar-refractivity contribution in [2.45, 2.75) is 347 Å². The van der Waals surface area contributed by atoms with Crippen molar-refractivity contribution in [3.63, 3.8) is 0 Å². The molecule has 0 aromatic carbocycles. The third kappa shape index (κ3) is 55.4. The summed E-state index contributed by atoms with van der Waals surface area (Å²) in [5.74, 6) is -0.0664. The number of allylic oxidation sites excluding steroid dienone is 5. The molecule has 0 radical (unpaired) electrons. The molecule has 0 aliphatic rings. The van der Waals surface area contributed by atoms with E-state index in [9.17, 15) is 19.8 Å². The van der Waals surface area contributed by atoms with E-state index in [1.807, 2.05) is 6.08 Å². The maximum absolute atomic E-state index is 12.4. The lowest BCUT2D eigenvalue weighted by atomic mass is 10.0. The number of nitrogens with one attached hydrogen (secondary N) is 1. The topological polar surface area (TPSA) is 95.9 Å². The van der Waals surface area contributed by atoms with Crippen LogP contribution in [0, 0.1) is 0 Å². The molecule has 0 heterocycles. The van der Waals surface area contributed by atoms with E-state index in [0.29, 0.717) is 19.4 Å². The van der Waals surface area contributed by atoms with E-state index in [4.69, 9.17) is 4.74 Å². The molecule has 0 rings (SSSR count). The Balaban J connectivity index is 3.40. The summed E-state index contributed by atoms with van der Waals surface area (Å²) in [7, 11) is 0. The number of ether oxygens (including phenoxy) is 1. The van der Waals surface area contributed by atoms with E-state index in [0.717, 1.165) is 51.4 Å². The largest absolute Gasteiger partial charge is 0.466 e. The summed E-state index contributed by atoms with van der Waals surface area (Å²) in [6.07, 6.45) is 74.7. The fourth-order valence-electron chi connectivity index (χ4n) is 9.57. The maximum Gasteiger partial charge on any atom is 0.305 e. The van der Waals surface area contributed by atoms with Gasteiger partial charge in [0.15, 0.2) is 0 Å². The summed E-state index contributed by atoms with van der Waals surface area (Å²) in [5, 5.41) is 23.0. The predicted molar refractivity (Wildman–Crippen MR) is 306 cm³/mol. The lowest BCUT2D eigenvalue weighted by molar-refractivity contribution is -0.143. The quantitative estimate of drug-likeness (QED) is 0.0321. The molecular formula is C64H121NO5. The number of unbranched alkanes of at least 4 members (excludes halogenated alkanes) is 43. The van der Waals surface area contributed by atoms with E-state index in [-0.39, 0.29) is 18.5 Å². The van der Waals surface area contributed by atoms with Crippen molar-refractivity contribution >= 4 is 11.9 Å². The second-order valence-electron chi connectivity index (χ2n) is 21.4. The minimum absolute atomic E-state index is 0.00891. The Labute approximate surface area is 436 Å². The van der Waals surface area contributed by atoms with Crippen LogP contribution in [0.2, 0.25) is 0 Å². The van der Waals surface area contributed by atoms with Crippen LogP contribution in [0.5, 0.6) is 0 Å². The zero-order valence-electron chi connectivity index (χ0n) is 47.0. The van der Waals surface area contributed by atoms with E-state index >= 15 is 0 Å². The van der Waals surface area contributed by atoms with Gasteiger partial charge in [-0.15, -0.1) is 0 Å². The highest BCUT2D eigenvalue weighted by atomic mass is 16.5. The molecule has 3 N–H and O–H groups in total. The number of hydrogen-bond acceptors (Lipinski definition) is 5. The molecule has 6 heteroatoms. The first kappa shape index (κ1) is 68.1. The third-order valence-corrected chi connectivity index (χ3v) is 14.4. The lowest BCUT2D eigenvalue weighted by Gasteiger charge is -2.20. The fraction of sp³-hybridized carbons (Fsp3) is 0.875. The van der Waals surface area contributed by atoms with Crippen molar-refractivity contribution in [1.82, 2.24) is 5.32 Å². The first-order valence-corrected chi connectivity index (χ1v) is 31.3. The number of carbonyl (C=O) groups is 2. The van der Waals surface area contributed by atoms with Crippen LogP contribution in [0.4, 0.5) is 0 Å². The van der Waals surface area contributed by atoms with Crippen molar-refractivity contribution < 1.29 is 24.5 Å². The standard InChI is InChI=1S/C64H121NO5/c1-3-5-7-9-11-13-15-17-18-19-24-28-31-34-38-42-46-50-54-58-64(69)70-59-55-51-47-43-39-35-32-29-26-23-21-20-22-25-27-30-33-37-41-45-49-53-57-63(68)65-61(60-66)62(67)56-52-48-44-40-36-16-14-12-10-8-6-4-2/h17-18,22,25,52,56,61-62,66-67H,3-16,19-21,23-24,26-51,53-55,57-60H2,1-2H3,(H,65,68)/b18-17-,25-22-,56-52+. The van der Waals surface area contributed by atoms with Crippen LogP contribution in [-0.4, -0.2) is 47.4 Å². The molecule has 0 saturated carbocycles. The first-order valence-electron chi connectivity index (χ1n) is 31.3. The highest BCUT2D eigenvalue weighted by Gasteiger charge is 2.18. The minimum Gasteiger partial charge on any atom is -0.466 e. The summed E-state index contributed by atoms with van der Waals surface area (Å²) in [5.41, 5.74) is 0. The molecule has 0 spiro atoms. The highest BCUT2D eigenvalue weighted by Crippen LogP contribution is 2.17. The van der Waals surface area contributed by atoms with Gasteiger partial charge in [-0.1, -0.05) is 275 Å². The van der Waals surface area contributed by atoms with E-state index in [2.05, 4.69) is 43.5 Å². The van der Waals surface area contributed by atoms with Gasteiger partial charge in [0.1, 0.15) is 0 Å². The van der Waals surface area contributed by atoms with Crippen molar-refractivity contribution in [3.05, 3.63) is 36.5 Å². The van der Waals surface area contributed by atoms with Crippen LogP contribution in [0.25, 0.3) is 0 Å². The molecule has 0 aromatic heterocycles. The Morgan fingerprint density at radius 2 is 0.671 bits per heavy atom. The molecule has 412 valence electrons. The normalized spacial score (nSPS) is 12.8. The number of aliphatic hydroxyl groups is 2. The number of rotatable bonds is 58. The molecular weight excluding hydrogens is 863 g/mol. The second kappa shape index (κ2) is 59.6. The Hall–Kier alpha value is -1.92. The number of amides is 1. The Morgan fingerprint density at radius 3 is 1.01 bits per heavy atom. The fourth-order valence-corrected chi connectivity index (χ4v) is 9.57. The molecule has 2 atom stereocenters. The zero-order valence-corrected chi connectivity index (χ0v) is 47.0. The molecule has 0 saturated heterocycles. The van der Waals surface area contributed by atoms with Crippen LogP contribution >= 0.6 is 0 Å². The van der Waals surface area contributed by atoms with Crippen LogP contribution in [0.15, 0.2) is 36.5 Å². The second-order valence-corrected chi connectivity index (χ2v) is 21.4. The maximum atomic E-state index is 12.4. The number of aliphatic hydroxyl groups excluding tert-OH is 2. The number of hydrogen-bond donors (Lipinski definition) is 3. The highest BCUT2D eigenvalue weighted by molar-refractivity contribution is 5.76. The first-order chi connectivity index (χ1) is 34.5. The van der Waals surface area contributed by atoms with Crippen molar-refractivity contribution in [3.8, 4) is 0 Å². The van der Waals surface area contributed by atoms with Gasteiger partial charge >= 0.3 is 5.97 Å². The van der Waals surface area contributed by atoms with Gasteiger partial charge in [0, 0.05) is 12.8 Å². The summed E-state index contributed by atoms with van der Waals surface area (Å²) >= 11 is 0. The molecule has 1 amide bonds. The smallest absolute Gasteiger partial charge is 0.305 e. The van der Waals surface area contributed by atoms with Crippen LogP contribution in [0.3, 0.4) is 0 Å². The summed E-state index contributed by atoms with van der Waals surface area (Å²) in [6, 6.07) is -0.632. The predicted octanol–water partition coefficient (Wildman–Crippen LogP) is 19.6. The summed E-state index contributed by atoms with van der Waals surface area (Å²) in [6.45, 7) is 4.90. The molecule has 6 nitrogen and oxygen atoms in total. The Kier molecular flexibility index (Phi) is 58.0. The molecule has 0 aromatic rings. The van der Waals surface area contributed by atoms with Crippen molar-refractivity contribution in [2.75, 3.05) is 13.2 Å². The van der Waals surface area contributed by atoms with Gasteiger partial charge in [-0.05, 0) is 83.5 Å². The van der Waals surface area contributed by atoms with Crippen LogP contribution in [-0.2, 0) is 14.3 Å². The zero-order chi connectivity index (χ0) is 50.7. The van der Waals surface area contributed by atoms with Gasteiger partial charge in [-0.3, -0.25) is 9.59 Å². The van der Waals surface area contributed by atoms with Gasteiger partial charge in [0.25, 0.3) is 0 Å². The SMILES string of the molecule is CCCCCCCC/C=C\CCCCCCCCCCCC(=O)OCCCCCCCCCCCCC/C=C\CCCCCCCCCC(=O)NC(CO)C(O)/C=C/CCCCCCCCCCCC. The Morgan fingerprint density at radius 1 is 0.386 bits per heavy atom. The number of esters is 1. The monoisotopic (exact) mass is 984 g/mol. The minimum atomic E-state index is -0.848. The average molecular weight is 985 g/mol.